The summed E-state index contributed by atoms with van der Waals surface area (Å²) in [5.41, 5.74) is 3.97. The molecule has 2 atom stereocenters. The number of nitrogens with zero attached hydrogens (tertiary/aromatic N) is 3. The van der Waals surface area contributed by atoms with E-state index in [0.29, 0.717) is 19.7 Å². The lowest BCUT2D eigenvalue weighted by atomic mass is 10.1. The van der Waals surface area contributed by atoms with E-state index in [9.17, 15) is 9.59 Å². The first kappa shape index (κ1) is 24.8. The van der Waals surface area contributed by atoms with Crippen LogP contribution in [-0.2, 0) is 24.4 Å². The Morgan fingerprint density at radius 1 is 0.973 bits per heavy atom. The lowest BCUT2D eigenvalue weighted by molar-refractivity contribution is 0.0601. The van der Waals surface area contributed by atoms with Gasteiger partial charge < -0.3 is 14.6 Å². The maximum atomic E-state index is 13.2. The Kier molecular flexibility index (Phi) is 7.70. The van der Waals surface area contributed by atoms with Gasteiger partial charge in [-0.2, -0.15) is 0 Å². The zero-order valence-electron chi connectivity index (χ0n) is 21.3. The minimum Gasteiger partial charge on any atom is -0.448 e. The van der Waals surface area contributed by atoms with Crippen molar-refractivity contribution in [3.8, 4) is 0 Å². The van der Waals surface area contributed by atoms with Crippen molar-refractivity contribution in [1.29, 1.82) is 0 Å². The number of aromatic amines is 1. The number of rotatable bonds is 9. The third-order valence-electron chi connectivity index (χ3n) is 7.21. The number of hydrogen-bond acceptors (Lipinski definition) is 4. The summed E-state index contributed by atoms with van der Waals surface area (Å²) in [7, 11) is 0. The number of para-hydroxylation sites is 2. The first-order valence-electron chi connectivity index (χ1n) is 13.0. The molecule has 0 aliphatic carbocycles. The van der Waals surface area contributed by atoms with Crippen LogP contribution in [0.25, 0.3) is 11.0 Å². The molecule has 1 aliphatic rings. The molecular formula is C30H34N4O3. The zero-order chi connectivity index (χ0) is 25.6. The van der Waals surface area contributed by atoms with Gasteiger partial charge in [-0.15, -0.1) is 0 Å². The summed E-state index contributed by atoms with van der Waals surface area (Å²) in [6.45, 7) is 5.05. The number of benzene rings is 3. The predicted octanol–water partition coefficient (Wildman–Crippen LogP) is 5.02. The lowest BCUT2D eigenvalue weighted by Crippen LogP contribution is -2.42. The van der Waals surface area contributed by atoms with E-state index in [4.69, 9.17) is 4.74 Å². The molecule has 4 aromatic rings. The average molecular weight is 499 g/mol. The van der Waals surface area contributed by atoms with Crippen molar-refractivity contribution in [2.75, 3.05) is 13.2 Å². The minimum absolute atomic E-state index is 0.0293. The largest absolute Gasteiger partial charge is 0.448 e. The Balaban J connectivity index is 1.23. The van der Waals surface area contributed by atoms with Crippen molar-refractivity contribution in [2.45, 2.75) is 51.5 Å². The summed E-state index contributed by atoms with van der Waals surface area (Å²) >= 11 is 0. The van der Waals surface area contributed by atoms with Gasteiger partial charge in [0, 0.05) is 32.2 Å². The van der Waals surface area contributed by atoms with Crippen LogP contribution < -0.4 is 5.69 Å². The summed E-state index contributed by atoms with van der Waals surface area (Å²) in [5.74, 6) is 0. The normalized spacial score (nSPS) is 16.4. The van der Waals surface area contributed by atoms with Crippen LogP contribution in [0, 0.1) is 0 Å². The van der Waals surface area contributed by atoms with Crippen LogP contribution in [0.4, 0.5) is 4.79 Å². The Morgan fingerprint density at radius 3 is 2.27 bits per heavy atom. The van der Waals surface area contributed by atoms with E-state index in [-0.39, 0.29) is 23.9 Å². The molecule has 1 fully saturated rings. The molecule has 7 nitrogen and oxygen atoms in total. The van der Waals surface area contributed by atoms with Crippen LogP contribution in [0.15, 0.2) is 89.7 Å². The second-order valence-electron chi connectivity index (χ2n) is 9.85. The molecule has 2 unspecified atom stereocenters. The van der Waals surface area contributed by atoms with Gasteiger partial charge in [-0.25, -0.2) is 9.59 Å². The first-order valence-corrected chi connectivity index (χ1v) is 13.0. The minimum atomic E-state index is -0.304. The molecule has 1 saturated heterocycles. The van der Waals surface area contributed by atoms with Crippen molar-refractivity contribution in [3.63, 3.8) is 0 Å². The Labute approximate surface area is 217 Å². The fraction of sp³-hybridized carbons (Fsp3) is 0.333. The molecule has 192 valence electrons. The summed E-state index contributed by atoms with van der Waals surface area (Å²) in [6, 6.07) is 28.3. The number of aromatic nitrogens is 2. The van der Waals surface area contributed by atoms with Crippen molar-refractivity contribution in [3.05, 3.63) is 107 Å². The average Bonchev–Trinajstić information content (AvgIpc) is 3.52. The third kappa shape index (κ3) is 5.94. The molecule has 0 radical (unpaired) electrons. The van der Waals surface area contributed by atoms with E-state index in [1.807, 2.05) is 60.7 Å². The highest BCUT2D eigenvalue weighted by Gasteiger charge is 2.31. The van der Waals surface area contributed by atoms with Crippen LogP contribution in [0.5, 0.6) is 0 Å². The van der Waals surface area contributed by atoms with Gasteiger partial charge in [0.25, 0.3) is 0 Å². The molecule has 0 spiro atoms. The molecule has 5 rings (SSSR count). The highest BCUT2D eigenvalue weighted by Crippen LogP contribution is 2.22. The number of carbonyl (C=O) groups excluding carboxylic acids is 1. The molecule has 1 aliphatic heterocycles. The molecule has 0 saturated carbocycles. The Hall–Kier alpha value is -3.84. The van der Waals surface area contributed by atoms with Crippen molar-refractivity contribution in [2.24, 2.45) is 0 Å². The summed E-state index contributed by atoms with van der Waals surface area (Å²) < 4.78 is 7.59. The molecule has 3 aromatic carbocycles. The Morgan fingerprint density at radius 2 is 1.59 bits per heavy atom. The summed E-state index contributed by atoms with van der Waals surface area (Å²) in [6.07, 6.45) is 1.45. The number of ether oxygens (including phenoxy) is 1. The highest BCUT2D eigenvalue weighted by atomic mass is 16.6. The number of likely N-dealkylation sites (tertiary alicyclic amines) is 1. The van der Waals surface area contributed by atoms with Crippen LogP contribution in [-0.4, -0.2) is 50.7 Å². The third-order valence-corrected chi connectivity index (χ3v) is 7.21. The van der Waals surface area contributed by atoms with Crippen LogP contribution in [0.3, 0.4) is 0 Å². The van der Waals surface area contributed by atoms with Crippen molar-refractivity contribution in [1.82, 2.24) is 19.4 Å². The SMILES string of the molecule is CC(COC(=O)N1CCCC1Cn1c(=O)[nH]c2ccccc21)N(Cc1ccccc1)Cc1ccccc1. The summed E-state index contributed by atoms with van der Waals surface area (Å²) in [5, 5.41) is 0. The van der Waals surface area contributed by atoms with Crippen LogP contribution >= 0.6 is 0 Å². The van der Waals surface area contributed by atoms with Gasteiger partial charge in [-0.1, -0.05) is 72.8 Å². The van der Waals surface area contributed by atoms with E-state index in [0.717, 1.165) is 37.0 Å². The summed E-state index contributed by atoms with van der Waals surface area (Å²) in [4.78, 5) is 32.8. The molecule has 37 heavy (non-hydrogen) atoms. The maximum Gasteiger partial charge on any atom is 0.410 e. The smallest absolute Gasteiger partial charge is 0.410 e. The molecule has 1 amide bonds. The molecule has 2 heterocycles. The van der Waals surface area contributed by atoms with Gasteiger partial charge >= 0.3 is 11.8 Å². The fourth-order valence-corrected chi connectivity index (χ4v) is 5.15. The number of H-pyrrole nitrogens is 1. The fourth-order valence-electron chi connectivity index (χ4n) is 5.15. The predicted molar refractivity (Wildman–Crippen MR) is 145 cm³/mol. The van der Waals surface area contributed by atoms with E-state index < -0.39 is 0 Å². The van der Waals surface area contributed by atoms with E-state index >= 15 is 0 Å². The molecule has 0 bridgehead atoms. The zero-order valence-corrected chi connectivity index (χ0v) is 21.3. The van der Waals surface area contributed by atoms with Gasteiger partial charge in [0.15, 0.2) is 0 Å². The van der Waals surface area contributed by atoms with Gasteiger partial charge in [-0.3, -0.25) is 9.47 Å². The van der Waals surface area contributed by atoms with Gasteiger partial charge in [0.1, 0.15) is 6.61 Å². The second kappa shape index (κ2) is 11.5. The monoisotopic (exact) mass is 498 g/mol. The van der Waals surface area contributed by atoms with Crippen molar-refractivity contribution >= 4 is 17.1 Å². The second-order valence-corrected chi connectivity index (χ2v) is 9.85. The van der Waals surface area contributed by atoms with Gasteiger partial charge in [0.05, 0.1) is 17.1 Å². The van der Waals surface area contributed by atoms with Crippen LogP contribution in [0.2, 0.25) is 0 Å². The van der Waals surface area contributed by atoms with Crippen molar-refractivity contribution < 1.29 is 9.53 Å². The molecule has 1 aromatic heterocycles. The number of carbonyl (C=O) groups is 1. The van der Waals surface area contributed by atoms with E-state index in [1.54, 1.807) is 9.47 Å². The molecule has 1 N–H and O–H groups in total. The number of hydrogen-bond donors (Lipinski definition) is 1. The van der Waals surface area contributed by atoms with Gasteiger partial charge in [-0.05, 0) is 43.0 Å². The Bertz CT molecular complexity index is 1320. The van der Waals surface area contributed by atoms with Gasteiger partial charge in [0.2, 0.25) is 0 Å². The number of nitrogens with one attached hydrogen (secondary N) is 1. The highest BCUT2D eigenvalue weighted by molar-refractivity contribution is 5.75. The standard InChI is InChI=1S/C30H34N4O3/c1-23(32(19-24-11-4-2-5-12-24)20-25-13-6-3-7-14-25)22-37-30(36)33-18-10-15-26(33)21-34-28-17-9-8-16-27(28)31-29(34)35/h2-9,11-14,16-17,23,26H,10,15,18-22H2,1H3,(H,31,35). The molecule has 7 heteroatoms. The van der Waals surface area contributed by atoms with Crippen LogP contribution in [0.1, 0.15) is 30.9 Å². The number of amides is 1. The molecular weight excluding hydrogens is 464 g/mol. The maximum absolute atomic E-state index is 13.2. The van der Waals surface area contributed by atoms with E-state index in [2.05, 4.69) is 41.1 Å². The number of fused-ring (bicyclic) bond motifs is 1. The quantitative estimate of drug-likeness (QED) is 0.352. The lowest BCUT2D eigenvalue weighted by Gasteiger charge is -2.30. The number of imidazole rings is 1. The van der Waals surface area contributed by atoms with E-state index in [1.165, 1.54) is 11.1 Å². The topological polar surface area (TPSA) is 70.6 Å². The first-order chi connectivity index (χ1) is 18.1.